The van der Waals surface area contributed by atoms with Crippen molar-refractivity contribution < 1.29 is 0 Å². The van der Waals surface area contributed by atoms with E-state index in [1.165, 1.54) is 28.8 Å². The summed E-state index contributed by atoms with van der Waals surface area (Å²) in [6, 6.07) is 6.54. The summed E-state index contributed by atoms with van der Waals surface area (Å²) in [5.74, 6) is 0. The fourth-order valence-corrected chi connectivity index (χ4v) is 3.12. The normalized spacial score (nSPS) is 22.7. The molecule has 0 aliphatic heterocycles. The Morgan fingerprint density at radius 2 is 2.12 bits per heavy atom. The number of hydrogen-bond acceptors (Lipinski definition) is 1. The van der Waals surface area contributed by atoms with Gasteiger partial charge in [0.1, 0.15) is 0 Å². The van der Waals surface area contributed by atoms with E-state index in [0.29, 0.717) is 0 Å². The van der Waals surface area contributed by atoms with E-state index in [2.05, 4.69) is 49.6 Å². The number of fused-ring (bicyclic) bond motifs is 3. The van der Waals surface area contributed by atoms with Crippen molar-refractivity contribution in [3.8, 4) is 0 Å². The SMILES string of the molecule is Cc1c2c(n3ccccc13)CCC(C)(C)C2N. The second-order valence-corrected chi connectivity index (χ2v) is 5.91. The molecule has 17 heavy (non-hydrogen) atoms. The highest BCUT2D eigenvalue weighted by atomic mass is 14.9. The van der Waals surface area contributed by atoms with Crippen molar-refractivity contribution in [2.75, 3.05) is 0 Å². The molecule has 2 N–H and O–H groups in total. The number of aromatic nitrogens is 1. The third-order valence-electron chi connectivity index (χ3n) is 4.41. The average Bonchev–Trinajstić information content (AvgIpc) is 2.59. The minimum Gasteiger partial charge on any atom is -0.323 e. The molecule has 0 bridgehead atoms. The molecule has 1 atom stereocenters. The molecule has 3 rings (SSSR count). The molecule has 1 unspecified atom stereocenters. The molecule has 1 aliphatic carbocycles. The highest BCUT2D eigenvalue weighted by Crippen LogP contribution is 2.44. The Morgan fingerprint density at radius 3 is 2.88 bits per heavy atom. The van der Waals surface area contributed by atoms with Crippen LogP contribution in [0.3, 0.4) is 0 Å². The van der Waals surface area contributed by atoms with E-state index in [4.69, 9.17) is 5.73 Å². The van der Waals surface area contributed by atoms with Crippen LogP contribution >= 0.6 is 0 Å². The minimum atomic E-state index is 0.158. The van der Waals surface area contributed by atoms with Gasteiger partial charge < -0.3 is 10.1 Å². The third kappa shape index (κ3) is 1.37. The first kappa shape index (κ1) is 10.8. The molecule has 0 saturated carbocycles. The Hall–Kier alpha value is -1.28. The molecule has 1 aliphatic rings. The number of nitrogens with zero attached hydrogens (tertiary/aromatic N) is 1. The Labute approximate surface area is 102 Å². The summed E-state index contributed by atoms with van der Waals surface area (Å²) >= 11 is 0. The fourth-order valence-electron chi connectivity index (χ4n) is 3.12. The van der Waals surface area contributed by atoms with Gasteiger partial charge in [-0.15, -0.1) is 0 Å². The maximum absolute atomic E-state index is 6.48. The van der Waals surface area contributed by atoms with Crippen molar-refractivity contribution in [3.05, 3.63) is 41.2 Å². The Bertz CT molecular complexity index is 578. The third-order valence-corrected chi connectivity index (χ3v) is 4.41. The monoisotopic (exact) mass is 228 g/mol. The minimum absolute atomic E-state index is 0.158. The van der Waals surface area contributed by atoms with E-state index < -0.39 is 0 Å². The molecule has 0 fully saturated rings. The number of nitrogens with two attached hydrogens (primary N) is 1. The van der Waals surface area contributed by atoms with Crippen LogP contribution < -0.4 is 5.73 Å². The molecule has 90 valence electrons. The molecular formula is C15H20N2. The summed E-state index contributed by atoms with van der Waals surface area (Å²) < 4.78 is 2.32. The largest absolute Gasteiger partial charge is 0.323 e. The number of rotatable bonds is 0. The van der Waals surface area contributed by atoms with Gasteiger partial charge in [-0.05, 0) is 48.4 Å². The molecular weight excluding hydrogens is 208 g/mol. The topological polar surface area (TPSA) is 30.4 Å². The van der Waals surface area contributed by atoms with Crippen LogP contribution in [0.25, 0.3) is 5.52 Å². The quantitative estimate of drug-likeness (QED) is 0.737. The summed E-state index contributed by atoms with van der Waals surface area (Å²) in [6.07, 6.45) is 4.46. The van der Waals surface area contributed by atoms with E-state index in [0.717, 1.165) is 6.42 Å². The molecule has 2 heteroatoms. The van der Waals surface area contributed by atoms with Gasteiger partial charge in [-0.3, -0.25) is 0 Å². The van der Waals surface area contributed by atoms with Crippen molar-refractivity contribution in [2.45, 2.75) is 39.7 Å². The van der Waals surface area contributed by atoms with Crippen molar-refractivity contribution in [1.29, 1.82) is 0 Å². The van der Waals surface area contributed by atoms with Gasteiger partial charge in [-0.1, -0.05) is 19.9 Å². The van der Waals surface area contributed by atoms with E-state index in [-0.39, 0.29) is 11.5 Å². The van der Waals surface area contributed by atoms with Crippen molar-refractivity contribution in [1.82, 2.24) is 4.40 Å². The van der Waals surface area contributed by atoms with Gasteiger partial charge >= 0.3 is 0 Å². The lowest BCUT2D eigenvalue weighted by atomic mass is 9.72. The summed E-state index contributed by atoms with van der Waals surface area (Å²) in [7, 11) is 0. The summed E-state index contributed by atoms with van der Waals surface area (Å²) in [5, 5.41) is 0. The van der Waals surface area contributed by atoms with Crippen LogP contribution in [-0.2, 0) is 6.42 Å². The van der Waals surface area contributed by atoms with Crippen LogP contribution in [0.2, 0.25) is 0 Å². The second kappa shape index (κ2) is 3.36. The zero-order chi connectivity index (χ0) is 12.2. The standard InChI is InChI=1S/C15H20N2/c1-10-11-6-4-5-9-17(11)12-7-8-15(2,3)14(16)13(10)12/h4-6,9,14H,7-8,16H2,1-3H3. The van der Waals surface area contributed by atoms with Crippen molar-refractivity contribution in [2.24, 2.45) is 11.1 Å². The highest BCUT2D eigenvalue weighted by Gasteiger charge is 2.36. The molecule has 0 radical (unpaired) electrons. The first-order valence-electron chi connectivity index (χ1n) is 6.36. The molecule has 0 aromatic carbocycles. The number of aryl methyl sites for hydroxylation is 2. The fraction of sp³-hybridized carbons (Fsp3) is 0.467. The lowest BCUT2D eigenvalue weighted by molar-refractivity contribution is 0.247. The van der Waals surface area contributed by atoms with Gasteiger partial charge in [-0.25, -0.2) is 0 Å². The van der Waals surface area contributed by atoms with E-state index in [1.54, 1.807) is 0 Å². The predicted molar refractivity (Wildman–Crippen MR) is 71.2 cm³/mol. The molecule has 2 heterocycles. The summed E-state index contributed by atoms with van der Waals surface area (Å²) in [6.45, 7) is 6.76. The van der Waals surface area contributed by atoms with Gasteiger partial charge in [0.15, 0.2) is 0 Å². The zero-order valence-electron chi connectivity index (χ0n) is 10.8. The number of pyridine rings is 1. The van der Waals surface area contributed by atoms with E-state index in [1.807, 2.05) is 0 Å². The Morgan fingerprint density at radius 1 is 1.35 bits per heavy atom. The number of hydrogen-bond donors (Lipinski definition) is 1. The molecule has 2 aromatic rings. The van der Waals surface area contributed by atoms with Crippen molar-refractivity contribution >= 4 is 5.52 Å². The first-order valence-corrected chi connectivity index (χ1v) is 6.36. The van der Waals surface area contributed by atoms with E-state index >= 15 is 0 Å². The van der Waals surface area contributed by atoms with Gasteiger partial charge in [0.2, 0.25) is 0 Å². The van der Waals surface area contributed by atoms with Crippen LogP contribution in [0.5, 0.6) is 0 Å². The molecule has 2 aromatic heterocycles. The van der Waals surface area contributed by atoms with Crippen LogP contribution in [0, 0.1) is 12.3 Å². The second-order valence-electron chi connectivity index (χ2n) is 5.91. The molecule has 0 amide bonds. The van der Waals surface area contributed by atoms with Crippen LogP contribution in [-0.4, -0.2) is 4.40 Å². The highest BCUT2D eigenvalue weighted by molar-refractivity contribution is 5.62. The maximum Gasteiger partial charge on any atom is 0.0485 e. The zero-order valence-corrected chi connectivity index (χ0v) is 10.8. The Balaban J connectivity index is 2.33. The lowest BCUT2D eigenvalue weighted by Gasteiger charge is -2.36. The van der Waals surface area contributed by atoms with Gasteiger partial charge in [0.05, 0.1) is 0 Å². The molecule has 0 spiro atoms. The van der Waals surface area contributed by atoms with Gasteiger partial charge in [0, 0.05) is 23.4 Å². The van der Waals surface area contributed by atoms with Crippen molar-refractivity contribution in [3.63, 3.8) is 0 Å². The smallest absolute Gasteiger partial charge is 0.0485 e. The Kier molecular flexibility index (Phi) is 2.14. The maximum atomic E-state index is 6.48. The van der Waals surface area contributed by atoms with Gasteiger partial charge in [0.25, 0.3) is 0 Å². The average molecular weight is 228 g/mol. The predicted octanol–water partition coefficient (Wildman–Crippen LogP) is 3.22. The van der Waals surface area contributed by atoms with Crippen LogP contribution in [0.4, 0.5) is 0 Å². The van der Waals surface area contributed by atoms with Crippen LogP contribution in [0.1, 0.15) is 43.1 Å². The lowest BCUT2D eigenvalue weighted by Crippen LogP contribution is -2.34. The molecule has 2 nitrogen and oxygen atoms in total. The summed E-state index contributed by atoms with van der Waals surface area (Å²) in [5.41, 5.74) is 12.2. The van der Waals surface area contributed by atoms with Gasteiger partial charge in [-0.2, -0.15) is 0 Å². The first-order chi connectivity index (χ1) is 8.02. The van der Waals surface area contributed by atoms with Crippen LogP contribution in [0.15, 0.2) is 24.4 Å². The molecule has 0 saturated heterocycles. The summed E-state index contributed by atoms with van der Waals surface area (Å²) in [4.78, 5) is 0. The van der Waals surface area contributed by atoms with E-state index in [9.17, 15) is 0 Å².